The lowest BCUT2D eigenvalue weighted by Gasteiger charge is -2.29. The number of morpholine rings is 1. The number of carbonyl (C=O) groups excluding carboxylic acids is 2. The molecule has 3 heterocycles. The molecule has 2 aliphatic rings. The zero-order valence-electron chi connectivity index (χ0n) is 20.3. The SMILES string of the molecule is COC(=O)C1CCC(n2c(NC(=O)c3ccc(F)cc3)nc3cnc(CN4CCOCC4)cc32)CC1. The molecule has 1 aliphatic heterocycles. The Morgan fingerprint density at radius 2 is 1.86 bits per heavy atom. The Hall–Kier alpha value is -3.37. The molecule has 2 aromatic heterocycles. The number of anilines is 1. The minimum atomic E-state index is -0.403. The Balaban J connectivity index is 1.46. The van der Waals surface area contributed by atoms with Crippen LogP contribution in [0, 0.1) is 11.7 Å². The van der Waals surface area contributed by atoms with E-state index in [2.05, 4.69) is 19.8 Å². The van der Waals surface area contributed by atoms with Gasteiger partial charge in [-0.1, -0.05) is 0 Å². The van der Waals surface area contributed by atoms with Crippen molar-refractivity contribution in [2.24, 2.45) is 5.92 Å². The number of hydrogen-bond acceptors (Lipinski definition) is 7. The van der Waals surface area contributed by atoms with Crippen LogP contribution >= 0.6 is 0 Å². The third-order valence-corrected chi connectivity index (χ3v) is 7.05. The molecule has 5 rings (SSSR count). The number of benzene rings is 1. The predicted octanol–water partition coefficient (Wildman–Crippen LogP) is 3.56. The molecule has 190 valence electrons. The second-order valence-corrected chi connectivity index (χ2v) is 9.35. The summed E-state index contributed by atoms with van der Waals surface area (Å²) in [6.07, 6.45) is 4.66. The lowest BCUT2D eigenvalue weighted by molar-refractivity contribution is -0.146. The van der Waals surface area contributed by atoms with Crippen LogP contribution in [-0.4, -0.2) is 64.7 Å². The van der Waals surface area contributed by atoms with Crippen molar-refractivity contribution < 1.29 is 23.5 Å². The predicted molar refractivity (Wildman–Crippen MR) is 131 cm³/mol. The molecule has 2 fully saturated rings. The first-order valence-electron chi connectivity index (χ1n) is 12.3. The van der Waals surface area contributed by atoms with E-state index in [1.54, 1.807) is 6.20 Å². The van der Waals surface area contributed by atoms with Crippen LogP contribution < -0.4 is 5.32 Å². The van der Waals surface area contributed by atoms with Gasteiger partial charge in [0.15, 0.2) is 0 Å². The van der Waals surface area contributed by atoms with Gasteiger partial charge < -0.3 is 14.0 Å². The van der Waals surface area contributed by atoms with Gasteiger partial charge in [0.1, 0.15) is 11.3 Å². The summed E-state index contributed by atoms with van der Waals surface area (Å²) in [5.74, 6) is -0.634. The van der Waals surface area contributed by atoms with Crippen LogP contribution in [0.5, 0.6) is 0 Å². The van der Waals surface area contributed by atoms with E-state index < -0.39 is 5.82 Å². The van der Waals surface area contributed by atoms with Gasteiger partial charge in [0.25, 0.3) is 5.91 Å². The standard InChI is InChI=1S/C26H30FN5O4/c1-35-25(34)18-4-8-21(9-5-18)32-23-14-20(16-31-10-12-36-13-11-31)28-15-22(23)29-26(32)30-24(33)17-2-6-19(27)7-3-17/h2-3,6-7,14-15,18,21H,4-5,8-13,16H2,1H3,(H,29,30,33). The molecule has 0 bridgehead atoms. The van der Waals surface area contributed by atoms with Crippen LogP contribution in [0.4, 0.5) is 10.3 Å². The van der Waals surface area contributed by atoms with E-state index in [0.717, 1.165) is 37.1 Å². The summed E-state index contributed by atoms with van der Waals surface area (Å²) in [6, 6.07) is 7.50. The molecule has 3 aromatic rings. The van der Waals surface area contributed by atoms with E-state index in [4.69, 9.17) is 14.5 Å². The largest absolute Gasteiger partial charge is 0.469 e. The van der Waals surface area contributed by atoms with Crippen molar-refractivity contribution in [2.45, 2.75) is 38.3 Å². The smallest absolute Gasteiger partial charge is 0.308 e. The van der Waals surface area contributed by atoms with Crippen molar-refractivity contribution >= 4 is 28.9 Å². The van der Waals surface area contributed by atoms with E-state index in [0.29, 0.717) is 49.6 Å². The number of nitrogens with one attached hydrogen (secondary N) is 1. The summed E-state index contributed by atoms with van der Waals surface area (Å²) in [5, 5.41) is 2.92. The van der Waals surface area contributed by atoms with Crippen LogP contribution in [0.1, 0.15) is 47.8 Å². The van der Waals surface area contributed by atoms with E-state index >= 15 is 0 Å². The lowest BCUT2D eigenvalue weighted by Crippen LogP contribution is -2.35. The fourth-order valence-electron chi connectivity index (χ4n) is 5.08. The summed E-state index contributed by atoms with van der Waals surface area (Å²) < 4.78 is 25.8. The van der Waals surface area contributed by atoms with Gasteiger partial charge in [-0.25, -0.2) is 9.37 Å². The first-order chi connectivity index (χ1) is 17.5. The zero-order valence-corrected chi connectivity index (χ0v) is 20.3. The molecule has 0 spiro atoms. The first-order valence-corrected chi connectivity index (χ1v) is 12.3. The first kappa shape index (κ1) is 24.3. The molecule has 0 unspecified atom stereocenters. The average molecular weight is 496 g/mol. The van der Waals surface area contributed by atoms with Crippen molar-refractivity contribution in [2.75, 3.05) is 38.7 Å². The third-order valence-electron chi connectivity index (χ3n) is 7.05. The number of aromatic nitrogens is 3. The average Bonchev–Trinajstić information content (AvgIpc) is 3.26. The number of amides is 1. The minimum Gasteiger partial charge on any atom is -0.469 e. The van der Waals surface area contributed by atoms with Crippen molar-refractivity contribution in [1.82, 2.24) is 19.4 Å². The highest BCUT2D eigenvalue weighted by molar-refractivity contribution is 6.04. The Morgan fingerprint density at radius 1 is 1.14 bits per heavy atom. The third kappa shape index (κ3) is 5.24. The van der Waals surface area contributed by atoms with E-state index in [9.17, 15) is 14.0 Å². The fourth-order valence-corrected chi connectivity index (χ4v) is 5.08. The number of imidazole rings is 1. The second-order valence-electron chi connectivity index (χ2n) is 9.35. The maximum absolute atomic E-state index is 13.3. The molecule has 1 amide bonds. The molecule has 1 aromatic carbocycles. The molecular formula is C26H30FN5O4. The van der Waals surface area contributed by atoms with Crippen molar-refractivity contribution in [3.05, 3.63) is 53.6 Å². The molecule has 10 heteroatoms. The van der Waals surface area contributed by atoms with Gasteiger partial charge in [0.2, 0.25) is 5.95 Å². The number of carbonyl (C=O) groups is 2. The number of fused-ring (bicyclic) bond motifs is 1. The van der Waals surface area contributed by atoms with Crippen molar-refractivity contribution in [3.63, 3.8) is 0 Å². The number of rotatable bonds is 6. The van der Waals surface area contributed by atoms with Crippen LogP contribution in [0.2, 0.25) is 0 Å². The van der Waals surface area contributed by atoms with Gasteiger partial charge in [-0.15, -0.1) is 0 Å². The van der Waals surface area contributed by atoms with Crippen LogP contribution in [0.15, 0.2) is 36.5 Å². The topological polar surface area (TPSA) is 98.6 Å². The number of nitrogens with zero attached hydrogens (tertiary/aromatic N) is 4. The summed E-state index contributed by atoms with van der Waals surface area (Å²) in [7, 11) is 1.42. The number of methoxy groups -OCH3 is 1. The molecule has 1 aliphatic carbocycles. The highest BCUT2D eigenvalue weighted by atomic mass is 19.1. The zero-order chi connectivity index (χ0) is 25.1. The number of hydrogen-bond donors (Lipinski definition) is 1. The van der Waals surface area contributed by atoms with Gasteiger partial charge in [-0.3, -0.25) is 24.8 Å². The van der Waals surface area contributed by atoms with Crippen molar-refractivity contribution in [3.8, 4) is 0 Å². The van der Waals surface area contributed by atoms with E-state index in [1.807, 2.05) is 6.07 Å². The lowest BCUT2D eigenvalue weighted by atomic mass is 9.86. The minimum absolute atomic E-state index is 0.0538. The van der Waals surface area contributed by atoms with Gasteiger partial charge >= 0.3 is 5.97 Å². The molecule has 1 saturated carbocycles. The fraction of sp³-hybridized carbons (Fsp3) is 0.462. The van der Waals surface area contributed by atoms with E-state index in [-0.39, 0.29) is 23.8 Å². The van der Waals surface area contributed by atoms with Crippen LogP contribution in [0.3, 0.4) is 0 Å². The number of esters is 1. The maximum Gasteiger partial charge on any atom is 0.308 e. The summed E-state index contributed by atoms with van der Waals surface area (Å²) in [5.41, 5.74) is 2.84. The van der Waals surface area contributed by atoms with E-state index in [1.165, 1.54) is 31.4 Å². The van der Waals surface area contributed by atoms with Crippen molar-refractivity contribution in [1.29, 1.82) is 0 Å². The highest BCUT2D eigenvalue weighted by Crippen LogP contribution is 2.37. The molecule has 36 heavy (non-hydrogen) atoms. The highest BCUT2D eigenvalue weighted by Gasteiger charge is 2.30. The molecule has 1 saturated heterocycles. The molecule has 9 nitrogen and oxygen atoms in total. The summed E-state index contributed by atoms with van der Waals surface area (Å²) in [6.45, 7) is 3.84. The normalized spacial score (nSPS) is 20.8. The Kier molecular flexibility index (Phi) is 7.24. The van der Waals surface area contributed by atoms with Crippen LogP contribution in [0.25, 0.3) is 11.0 Å². The monoisotopic (exact) mass is 495 g/mol. The molecule has 0 radical (unpaired) electrons. The Labute approximate surface area is 208 Å². The number of pyridine rings is 1. The van der Waals surface area contributed by atoms with Crippen LogP contribution in [-0.2, 0) is 20.8 Å². The molecular weight excluding hydrogens is 465 g/mol. The maximum atomic E-state index is 13.3. The summed E-state index contributed by atoms with van der Waals surface area (Å²) >= 11 is 0. The molecule has 0 atom stereocenters. The van der Waals surface area contributed by atoms with Gasteiger partial charge in [0, 0.05) is 31.2 Å². The molecule has 1 N–H and O–H groups in total. The van der Waals surface area contributed by atoms with Gasteiger partial charge in [-0.2, -0.15) is 0 Å². The van der Waals surface area contributed by atoms with Gasteiger partial charge in [0.05, 0.1) is 43.6 Å². The summed E-state index contributed by atoms with van der Waals surface area (Å²) in [4.78, 5) is 36.6. The van der Waals surface area contributed by atoms with Gasteiger partial charge in [-0.05, 0) is 56.0 Å². The quantitative estimate of drug-likeness (QED) is 0.522. The Bertz CT molecular complexity index is 1230. The second kappa shape index (κ2) is 10.7. The number of halogens is 1. The Morgan fingerprint density at radius 3 is 2.56 bits per heavy atom. The number of ether oxygens (including phenoxy) is 2.